The Kier molecular flexibility index (Phi) is 10.7. The molecule has 0 radical (unpaired) electrons. The van der Waals surface area contributed by atoms with Gasteiger partial charge < -0.3 is 34.2 Å². The predicted octanol–water partition coefficient (Wildman–Crippen LogP) is 6.56. The fourth-order valence-electron chi connectivity index (χ4n) is 9.19. The van der Waals surface area contributed by atoms with Crippen LogP contribution in [0.4, 0.5) is 26.1 Å². The molecule has 3 fully saturated rings. The molecule has 2 aromatic carbocycles. The first-order chi connectivity index (χ1) is 28.0. The summed E-state index contributed by atoms with van der Waals surface area (Å²) >= 11 is 0. The smallest absolute Gasteiger partial charge is 0.319 e. The van der Waals surface area contributed by atoms with Crippen LogP contribution in [0.15, 0.2) is 55.3 Å². The average Bonchev–Trinajstić information content (AvgIpc) is 3.81. The zero-order valence-corrected chi connectivity index (χ0v) is 33.3. The highest BCUT2D eigenvalue weighted by molar-refractivity contribution is 6.02. The van der Waals surface area contributed by atoms with Gasteiger partial charge in [0.1, 0.15) is 36.0 Å². The van der Waals surface area contributed by atoms with E-state index in [1.54, 1.807) is 24.4 Å². The van der Waals surface area contributed by atoms with Crippen molar-refractivity contribution in [3.05, 3.63) is 83.5 Å². The molecular weight excluding hydrogens is 741 g/mol. The van der Waals surface area contributed by atoms with Gasteiger partial charge >= 0.3 is 6.01 Å². The number of nitrogens with zero attached hydrogens (tertiary/aromatic N) is 7. The molecule has 1 N–H and O–H groups in total. The second-order valence-electron chi connectivity index (χ2n) is 16.1. The Bertz CT molecular complexity index is 2310. The van der Waals surface area contributed by atoms with Crippen molar-refractivity contribution in [3.63, 3.8) is 0 Å². The molecule has 4 aromatic rings. The molecule has 1 amide bonds. The van der Waals surface area contributed by atoms with Crippen molar-refractivity contribution in [2.45, 2.75) is 69.7 Å². The number of phenolic OH excluding ortho intramolecular Hbond substituents is 1. The highest BCUT2D eigenvalue weighted by Crippen LogP contribution is 2.41. The summed E-state index contributed by atoms with van der Waals surface area (Å²) in [5.74, 6) is 3.46. The van der Waals surface area contributed by atoms with Gasteiger partial charge in [0.25, 0.3) is 0 Å². The lowest BCUT2D eigenvalue weighted by molar-refractivity contribution is -0.126. The number of alkyl halides is 1. The third kappa shape index (κ3) is 7.41. The molecule has 4 aliphatic rings. The Labute approximate surface area is 338 Å². The summed E-state index contributed by atoms with van der Waals surface area (Å²) in [6.45, 7) is 11.3. The molecule has 13 heteroatoms. The van der Waals surface area contributed by atoms with E-state index in [4.69, 9.17) is 30.8 Å². The number of likely N-dealkylation sites (N-methyl/N-ethyl adjacent to an activating group) is 1. The third-order valence-corrected chi connectivity index (χ3v) is 12.1. The fraction of sp³-hybridized carbons (Fsp3) is 0.422. The summed E-state index contributed by atoms with van der Waals surface area (Å²) in [7, 11) is 1.95. The van der Waals surface area contributed by atoms with Gasteiger partial charge in [-0.1, -0.05) is 18.6 Å². The predicted molar refractivity (Wildman–Crippen MR) is 223 cm³/mol. The van der Waals surface area contributed by atoms with E-state index >= 15 is 8.78 Å². The van der Waals surface area contributed by atoms with Crippen LogP contribution in [0.5, 0.6) is 11.8 Å². The van der Waals surface area contributed by atoms with E-state index in [2.05, 4.69) is 24.3 Å². The Balaban J connectivity index is 1.13. The lowest BCUT2D eigenvalue weighted by Crippen LogP contribution is -2.46. The molecule has 5 heterocycles. The molecule has 0 saturated carbocycles. The fourth-order valence-corrected chi connectivity index (χ4v) is 9.19. The van der Waals surface area contributed by atoms with Crippen LogP contribution >= 0.6 is 0 Å². The number of phenols is 1. The SMILES string of the molecule is C#Cc1c(F)ccc2cc(O)cc(C3=Cc4nc(OC[C@]5(C)C[C@@H](F)CN5c5ccc(N6CCOC[C@H]6C)nc5)nc(N(C)C[C@@H]5CCCN5C(=O)C=C)c4CC3)c12. The third-order valence-electron chi connectivity index (χ3n) is 12.1. The number of pyridine rings is 1. The number of morpholine rings is 1. The molecule has 4 atom stereocenters. The van der Waals surface area contributed by atoms with E-state index in [9.17, 15) is 9.90 Å². The van der Waals surface area contributed by atoms with Crippen LogP contribution in [0.25, 0.3) is 22.4 Å². The number of benzene rings is 2. The van der Waals surface area contributed by atoms with E-state index in [1.807, 2.05) is 46.9 Å². The minimum Gasteiger partial charge on any atom is -0.508 e. The molecule has 8 rings (SSSR count). The summed E-state index contributed by atoms with van der Waals surface area (Å²) in [4.78, 5) is 35.5. The molecule has 0 spiro atoms. The Morgan fingerprint density at radius 3 is 2.83 bits per heavy atom. The van der Waals surface area contributed by atoms with Gasteiger partial charge in [-0.05, 0) is 98.5 Å². The van der Waals surface area contributed by atoms with Crippen LogP contribution in [0.3, 0.4) is 0 Å². The molecule has 3 saturated heterocycles. The first kappa shape index (κ1) is 39.1. The van der Waals surface area contributed by atoms with Crippen molar-refractivity contribution >= 4 is 45.7 Å². The first-order valence-corrected chi connectivity index (χ1v) is 20.0. The lowest BCUT2D eigenvalue weighted by Gasteiger charge is -2.37. The molecule has 11 nitrogen and oxygen atoms in total. The van der Waals surface area contributed by atoms with Crippen LogP contribution < -0.4 is 19.4 Å². The number of halogens is 2. The van der Waals surface area contributed by atoms with Crippen LogP contribution in [0, 0.1) is 18.2 Å². The number of anilines is 3. The maximum atomic E-state index is 15.4. The van der Waals surface area contributed by atoms with Gasteiger partial charge in [-0.3, -0.25) is 4.79 Å². The number of hydrogen-bond donors (Lipinski definition) is 1. The van der Waals surface area contributed by atoms with Crippen LogP contribution in [0.1, 0.15) is 61.9 Å². The van der Waals surface area contributed by atoms with E-state index in [0.717, 1.165) is 42.0 Å². The number of allylic oxidation sites excluding steroid dienone is 1. The zero-order chi connectivity index (χ0) is 40.7. The summed E-state index contributed by atoms with van der Waals surface area (Å²) in [5, 5.41) is 11.9. The number of terminal acetylenes is 1. The van der Waals surface area contributed by atoms with Gasteiger partial charge in [0, 0.05) is 50.1 Å². The monoisotopic (exact) mass is 789 g/mol. The van der Waals surface area contributed by atoms with Gasteiger partial charge in [0.05, 0.1) is 54.5 Å². The van der Waals surface area contributed by atoms with E-state index in [0.29, 0.717) is 67.0 Å². The number of fused-ring (bicyclic) bond motifs is 2. The Morgan fingerprint density at radius 1 is 1.22 bits per heavy atom. The summed E-state index contributed by atoms with van der Waals surface area (Å²) < 4.78 is 42.5. The first-order valence-electron chi connectivity index (χ1n) is 20.0. The highest BCUT2D eigenvalue weighted by Gasteiger charge is 2.44. The van der Waals surface area contributed by atoms with Gasteiger partial charge in [-0.2, -0.15) is 9.97 Å². The number of carbonyl (C=O) groups is 1. The maximum absolute atomic E-state index is 15.4. The van der Waals surface area contributed by atoms with Gasteiger partial charge in [-0.25, -0.2) is 13.8 Å². The molecular formula is C45H49F2N7O4. The number of amides is 1. The summed E-state index contributed by atoms with van der Waals surface area (Å²) in [6.07, 6.45) is 12.9. The number of rotatable bonds is 10. The molecule has 1 aliphatic carbocycles. The minimum atomic E-state index is -1.08. The molecule has 58 heavy (non-hydrogen) atoms. The van der Waals surface area contributed by atoms with Crippen molar-refractivity contribution in [2.75, 3.05) is 67.7 Å². The molecule has 0 bridgehead atoms. The van der Waals surface area contributed by atoms with Crippen LogP contribution in [-0.2, 0) is 16.0 Å². The number of ether oxygens (including phenoxy) is 2. The van der Waals surface area contributed by atoms with E-state index in [-0.39, 0.29) is 54.9 Å². The van der Waals surface area contributed by atoms with Crippen molar-refractivity contribution in [1.29, 1.82) is 0 Å². The standard InChI is InChI=1S/C45H49F2N7O4/c1-6-35-38(47)14-11-30-19-34(55)21-37(42(30)35)29-10-13-36-39(20-29)49-44(50-43(36)51(5)25-33-9-8-16-53(33)41(56)7-2)58-27-45(4)22-31(46)24-54(45)32-12-15-40(48-23-32)52-17-18-57-26-28(52)3/h1,7,11-12,14-15,19-21,23,28,31,33,55H,2,8-10,13,16-18,22,24-27H2,3-5H3/t28-,31-,33+,45+/m1/s1. The summed E-state index contributed by atoms with van der Waals surface area (Å²) in [5.41, 5.74) is 3.14. The lowest BCUT2D eigenvalue weighted by atomic mass is 9.87. The second-order valence-corrected chi connectivity index (χ2v) is 16.1. The van der Waals surface area contributed by atoms with Crippen LogP contribution in [0.2, 0.25) is 0 Å². The Morgan fingerprint density at radius 2 is 2.07 bits per heavy atom. The number of aromatic hydroxyl groups is 1. The topological polar surface area (TPSA) is 107 Å². The number of hydrogen-bond acceptors (Lipinski definition) is 10. The number of aromatic nitrogens is 3. The highest BCUT2D eigenvalue weighted by atomic mass is 19.1. The quantitative estimate of drug-likeness (QED) is 0.140. The second kappa shape index (κ2) is 15.9. The maximum Gasteiger partial charge on any atom is 0.319 e. The van der Waals surface area contributed by atoms with Gasteiger partial charge in [-0.15, -0.1) is 6.42 Å². The van der Waals surface area contributed by atoms with Gasteiger partial charge in [0.2, 0.25) is 5.91 Å². The van der Waals surface area contributed by atoms with Crippen LogP contribution in [-0.4, -0.2) is 108 Å². The van der Waals surface area contributed by atoms with Crippen molar-refractivity contribution < 1.29 is 28.2 Å². The van der Waals surface area contributed by atoms with Gasteiger partial charge in [0.15, 0.2) is 0 Å². The molecule has 302 valence electrons. The summed E-state index contributed by atoms with van der Waals surface area (Å²) in [6, 6.07) is 10.4. The van der Waals surface area contributed by atoms with Crippen molar-refractivity contribution in [3.8, 4) is 24.1 Å². The zero-order valence-electron chi connectivity index (χ0n) is 33.3. The number of likely N-dealkylation sites (tertiary alicyclic amines) is 1. The van der Waals surface area contributed by atoms with Crippen molar-refractivity contribution in [1.82, 2.24) is 19.9 Å². The van der Waals surface area contributed by atoms with E-state index < -0.39 is 17.5 Å². The average molecular weight is 790 g/mol. The minimum absolute atomic E-state index is 0.0326. The number of carbonyl (C=O) groups excluding carboxylic acids is 1. The normalized spacial score (nSPS) is 23.1. The van der Waals surface area contributed by atoms with Crippen molar-refractivity contribution in [2.24, 2.45) is 0 Å². The molecule has 0 unspecified atom stereocenters. The molecule has 3 aliphatic heterocycles. The Hall–Kier alpha value is -5.74. The molecule has 2 aromatic heterocycles. The largest absolute Gasteiger partial charge is 0.508 e. The van der Waals surface area contributed by atoms with E-state index in [1.165, 1.54) is 12.1 Å².